The van der Waals surface area contributed by atoms with Crippen LogP contribution in [0, 0.1) is 0 Å². The second-order valence-electron chi connectivity index (χ2n) is 7.04. The number of halogens is 1. The lowest BCUT2D eigenvalue weighted by Crippen LogP contribution is -2.29. The van der Waals surface area contributed by atoms with Crippen LogP contribution in [0.25, 0.3) is 11.1 Å². The highest BCUT2D eigenvalue weighted by Crippen LogP contribution is 2.21. The smallest absolute Gasteiger partial charge is 0.319 e. The van der Waals surface area contributed by atoms with E-state index in [0.29, 0.717) is 18.2 Å². The Kier molecular flexibility index (Phi) is 8.61. The van der Waals surface area contributed by atoms with Crippen molar-refractivity contribution >= 4 is 23.3 Å². The first-order chi connectivity index (χ1) is 14.7. The number of anilines is 1. The van der Waals surface area contributed by atoms with Gasteiger partial charge >= 0.3 is 6.03 Å². The molecular formula is C25H27ClN2O2. The van der Waals surface area contributed by atoms with Gasteiger partial charge in [0.25, 0.3) is 0 Å². The molecule has 4 nitrogen and oxygen atoms in total. The molecule has 0 saturated carbocycles. The van der Waals surface area contributed by atoms with E-state index >= 15 is 0 Å². The van der Waals surface area contributed by atoms with Crippen LogP contribution in [0.2, 0.25) is 5.02 Å². The van der Waals surface area contributed by atoms with Crippen molar-refractivity contribution in [3.63, 3.8) is 0 Å². The third-order valence-corrected chi connectivity index (χ3v) is 4.94. The number of amides is 2. The summed E-state index contributed by atoms with van der Waals surface area (Å²) in [6.45, 7) is 1.35. The van der Waals surface area contributed by atoms with Crippen LogP contribution < -0.4 is 15.4 Å². The highest BCUT2D eigenvalue weighted by atomic mass is 35.5. The Morgan fingerprint density at radius 2 is 1.43 bits per heavy atom. The summed E-state index contributed by atoms with van der Waals surface area (Å²) in [4.78, 5) is 12.0. The molecule has 2 N–H and O–H groups in total. The fourth-order valence-corrected chi connectivity index (χ4v) is 3.18. The van der Waals surface area contributed by atoms with Crippen LogP contribution in [0.3, 0.4) is 0 Å². The molecule has 0 atom stereocenters. The molecular weight excluding hydrogens is 396 g/mol. The number of ether oxygens (including phenoxy) is 1. The SMILES string of the molecule is O=C(NCCCCCCOc1ccc(Cl)cc1)Nc1ccc(-c2ccccc2)cc1. The summed E-state index contributed by atoms with van der Waals surface area (Å²) in [5.41, 5.74) is 3.07. The number of rotatable bonds is 10. The number of benzene rings is 3. The monoisotopic (exact) mass is 422 g/mol. The van der Waals surface area contributed by atoms with Crippen LogP contribution in [0.4, 0.5) is 10.5 Å². The van der Waals surface area contributed by atoms with Gasteiger partial charge in [0.05, 0.1) is 6.61 Å². The molecule has 0 radical (unpaired) electrons. The van der Waals surface area contributed by atoms with Crippen molar-refractivity contribution in [1.82, 2.24) is 5.32 Å². The zero-order chi connectivity index (χ0) is 21.0. The Labute approximate surface area is 183 Å². The zero-order valence-electron chi connectivity index (χ0n) is 16.9. The van der Waals surface area contributed by atoms with Crippen molar-refractivity contribution in [2.45, 2.75) is 25.7 Å². The van der Waals surface area contributed by atoms with Crippen LogP contribution in [0.15, 0.2) is 78.9 Å². The number of unbranched alkanes of at least 4 members (excludes halogenated alkanes) is 3. The molecule has 0 aliphatic carbocycles. The van der Waals surface area contributed by atoms with Gasteiger partial charge in [-0.15, -0.1) is 0 Å². The van der Waals surface area contributed by atoms with E-state index in [9.17, 15) is 4.79 Å². The van der Waals surface area contributed by atoms with Gasteiger partial charge in [-0.25, -0.2) is 4.79 Å². The molecule has 2 amide bonds. The molecule has 0 aliphatic heterocycles. The summed E-state index contributed by atoms with van der Waals surface area (Å²) in [5.74, 6) is 0.842. The molecule has 30 heavy (non-hydrogen) atoms. The highest BCUT2D eigenvalue weighted by Gasteiger charge is 2.02. The Balaban J connectivity index is 1.25. The molecule has 0 aromatic heterocycles. The molecule has 156 valence electrons. The van der Waals surface area contributed by atoms with Crippen molar-refractivity contribution in [3.8, 4) is 16.9 Å². The van der Waals surface area contributed by atoms with Crippen LogP contribution in [-0.4, -0.2) is 19.2 Å². The van der Waals surface area contributed by atoms with Gasteiger partial charge in [-0.2, -0.15) is 0 Å². The van der Waals surface area contributed by atoms with E-state index in [1.54, 1.807) is 0 Å². The minimum absolute atomic E-state index is 0.173. The lowest BCUT2D eigenvalue weighted by molar-refractivity contribution is 0.251. The molecule has 3 aromatic carbocycles. The molecule has 0 fully saturated rings. The number of nitrogens with one attached hydrogen (secondary N) is 2. The average molecular weight is 423 g/mol. The van der Waals surface area contributed by atoms with E-state index in [0.717, 1.165) is 48.2 Å². The molecule has 0 aliphatic rings. The number of hydrogen-bond acceptors (Lipinski definition) is 2. The average Bonchev–Trinajstić information content (AvgIpc) is 2.78. The molecule has 5 heteroatoms. The molecule has 0 spiro atoms. The summed E-state index contributed by atoms with van der Waals surface area (Å²) in [6, 6.07) is 25.3. The van der Waals surface area contributed by atoms with Crippen molar-refractivity contribution in [1.29, 1.82) is 0 Å². The van der Waals surface area contributed by atoms with Crippen LogP contribution in [0.5, 0.6) is 5.75 Å². The fraction of sp³-hybridized carbons (Fsp3) is 0.240. The number of urea groups is 1. The molecule has 0 unspecified atom stereocenters. The number of carbonyl (C=O) groups excluding carboxylic acids is 1. The molecule has 3 rings (SSSR count). The van der Waals surface area contributed by atoms with Crippen molar-refractivity contribution < 1.29 is 9.53 Å². The Morgan fingerprint density at radius 1 is 0.767 bits per heavy atom. The molecule has 0 heterocycles. The lowest BCUT2D eigenvalue weighted by atomic mass is 10.1. The first kappa shape index (κ1) is 21.7. The topological polar surface area (TPSA) is 50.4 Å². The van der Waals surface area contributed by atoms with Crippen molar-refractivity contribution in [2.24, 2.45) is 0 Å². The van der Waals surface area contributed by atoms with Crippen molar-refractivity contribution in [2.75, 3.05) is 18.5 Å². The second kappa shape index (κ2) is 11.9. The van der Waals surface area contributed by atoms with Crippen LogP contribution in [0.1, 0.15) is 25.7 Å². The van der Waals surface area contributed by atoms with E-state index in [4.69, 9.17) is 16.3 Å². The Hall–Kier alpha value is -2.98. The minimum atomic E-state index is -0.173. The third-order valence-electron chi connectivity index (χ3n) is 4.69. The van der Waals surface area contributed by atoms with E-state index < -0.39 is 0 Å². The summed E-state index contributed by atoms with van der Waals surface area (Å²) in [5, 5.41) is 6.49. The molecule has 0 bridgehead atoms. The maximum atomic E-state index is 12.0. The summed E-state index contributed by atoms with van der Waals surface area (Å²) in [7, 11) is 0. The molecule has 0 saturated heterocycles. The zero-order valence-corrected chi connectivity index (χ0v) is 17.7. The van der Waals surface area contributed by atoms with Gasteiger partial charge in [0, 0.05) is 17.3 Å². The lowest BCUT2D eigenvalue weighted by Gasteiger charge is -2.09. The van der Waals surface area contributed by atoms with E-state index in [-0.39, 0.29) is 6.03 Å². The van der Waals surface area contributed by atoms with Crippen LogP contribution >= 0.6 is 11.6 Å². The van der Waals surface area contributed by atoms with Gasteiger partial charge in [-0.1, -0.05) is 66.9 Å². The van der Waals surface area contributed by atoms with E-state index in [2.05, 4.69) is 22.8 Å². The van der Waals surface area contributed by atoms with E-state index in [1.807, 2.05) is 66.7 Å². The predicted octanol–water partition coefficient (Wildman–Crippen LogP) is 6.77. The maximum absolute atomic E-state index is 12.0. The van der Waals surface area contributed by atoms with Gasteiger partial charge in [-0.3, -0.25) is 0 Å². The van der Waals surface area contributed by atoms with Gasteiger partial charge in [0.2, 0.25) is 0 Å². The van der Waals surface area contributed by atoms with Gasteiger partial charge in [0.15, 0.2) is 0 Å². The predicted molar refractivity (Wildman–Crippen MR) is 124 cm³/mol. The number of hydrogen-bond donors (Lipinski definition) is 2. The van der Waals surface area contributed by atoms with Crippen LogP contribution in [-0.2, 0) is 0 Å². The Bertz CT molecular complexity index is 897. The second-order valence-corrected chi connectivity index (χ2v) is 7.48. The minimum Gasteiger partial charge on any atom is -0.494 e. The summed E-state index contributed by atoms with van der Waals surface area (Å²) >= 11 is 5.85. The first-order valence-corrected chi connectivity index (χ1v) is 10.7. The third kappa shape index (κ3) is 7.45. The van der Waals surface area contributed by atoms with Gasteiger partial charge < -0.3 is 15.4 Å². The molecule has 3 aromatic rings. The summed E-state index contributed by atoms with van der Waals surface area (Å²) in [6.07, 6.45) is 4.05. The number of carbonyl (C=O) groups is 1. The normalized spacial score (nSPS) is 10.4. The highest BCUT2D eigenvalue weighted by molar-refractivity contribution is 6.30. The summed E-state index contributed by atoms with van der Waals surface area (Å²) < 4.78 is 5.67. The maximum Gasteiger partial charge on any atom is 0.319 e. The van der Waals surface area contributed by atoms with E-state index in [1.165, 1.54) is 0 Å². The van der Waals surface area contributed by atoms with Crippen molar-refractivity contribution in [3.05, 3.63) is 83.9 Å². The standard InChI is InChI=1S/C25H27ClN2O2/c26-22-12-16-24(17-13-22)30-19-7-2-1-6-18-27-25(29)28-23-14-10-21(11-15-23)20-8-4-3-5-9-20/h3-5,8-17H,1-2,6-7,18-19H2,(H2,27,28,29). The quantitative estimate of drug-likeness (QED) is 0.354. The Morgan fingerprint density at radius 3 is 2.17 bits per heavy atom. The van der Waals surface area contributed by atoms with Gasteiger partial charge in [0.1, 0.15) is 5.75 Å². The fourth-order valence-electron chi connectivity index (χ4n) is 3.06. The van der Waals surface area contributed by atoms with Gasteiger partial charge in [-0.05, 0) is 60.4 Å². The first-order valence-electron chi connectivity index (χ1n) is 10.3. The largest absolute Gasteiger partial charge is 0.494 e.